The van der Waals surface area contributed by atoms with Crippen molar-refractivity contribution in [3.05, 3.63) is 35.4 Å². The summed E-state index contributed by atoms with van der Waals surface area (Å²) in [5, 5.41) is 10.9. The van der Waals surface area contributed by atoms with Gasteiger partial charge in [0, 0.05) is 18.5 Å². The van der Waals surface area contributed by atoms with Gasteiger partial charge in [-0.1, -0.05) is 6.07 Å². The van der Waals surface area contributed by atoms with Crippen molar-refractivity contribution in [3.8, 4) is 0 Å². The second-order valence-electron chi connectivity index (χ2n) is 4.55. The van der Waals surface area contributed by atoms with Crippen LogP contribution in [0, 0.1) is 17.6 Å². The van der Waals surface area contributed by atoms with Crippen LogP contribution in [-0.4, -0.2) is 23.5 Å². The molecule has 0 saturated heterocycles. The van der Waals surface area contributed by atoms with E-state index in [-0.39, 0.29) is 30.7 Å². The normalized spacial score (nSPS) is 20.9. The first-order valence-corrected chi connectivity index (χ1v) is 5.93. The van der Waals surface area contributed by atoms with Crippen molar-refractivity contribution in [3.63, 3.8) is 0 Å². The Morgan fingerprint density at radius 1 is 1.37 bits per heavy atom. The van der Waals surface area contributed by atoms with E-state index in [1.165, 1.54) is 6.07 Å². The number of carbonyl (C=O) groups excluding carboxylic acids is 1. The minimum Gasteiger partial charge on any atom is -0.481 e. The highest BCUT2D eigenvalue weighted by Gasteiger charge is 2.45. The monoisotopic (exact) mass is 269 g/mol. The van der Waals surface area contributed by atoms with E-state index in [0.29, 0.717) is 12.0 Å². The maximum Gasteiger partial charge on any atom is 0.305 e. The maximum atomic E-state index is 13.5. The van der Waals surface area contributed by atoms with E-state index in [1.54, 1.807) is 0 Å². The van der Waals surface area contributed by atoms with Gasteiger partial charge in [0.25, 0.3) is 0 Å². The van der Waals surface area contributed by atoms with Crippen molar-refractivity contribution in [2.24, 2.45) is 5.92 Å². The number of hydrogen-bond donors (Lipinski definition) is 2. The molecule has 0 heterocycles. The maximum absolute atomic E-state index is 13.5. The molecule has 19 heavy (non-hydrogen) atoms. The fourth-order valence-electron chi connectivity index (χ4n) is 2.05. The molecule has 0 radical (unpaired) electrons. The molecule has 4 nitrogen and oxygen atoms in total. The third kappa shape index (κ3) is 3.27. The molecular weight excluding hydrogens is 256 g/mol. The van der Waals surface area contributed by atoms with Crippen LogP contribution in [0.5, 0.6) is 0 Å². The number of benzene rings is 1. The number of carboxylic acid groups (broad SMARTS) is 1. The lowest BCUT2D eigenvalue weighted by molar-refractivity contribution is -0.136. The van der Waals surface area contributed by atoms with Crippen molar-refractivity contribution >= 4 is 11.9 Å². The average Bonchev–Trinajstić information content (AvgIpc) is 3.08. The number of amides is 1. The minimum absolute atomic E-state index is 0.0588. The molecule has 2 N–H and O–H groups in total. The number of aliphatic carboxylic acids is 1. The quantitative estimate of drug-likeness (QED) is 0.854. The van der Waals surface area contributed by atoms with Crippen molar-refractivity contribution in [1.29, 1.82) is 0 Å². The molecule has 2 atom stereocenters. The molecule has 0 spiro atoms. The summed E-state index contributed by atoms with van der Waals surface area (Å²) >= 11 is 0. The van der Waals surface area contributed by atoms with E-state index < -0.39 is 17.6 Å². The van der Waals surface area contributed by atoms with E-state index in [9.17, 15) is 18.4 Å². The molecule has 1 aromatic carbocycles. The standard InChI is InChI=1S/C13H13F2NO3/c14-7-1-2-8(11(15)5-7)9-6-10(9)13(19)16-4-3-12(17)18/h1-2,5,9-10H,3-4,6H2,(H,16,19)(H,17,18)/t9-,10+/m0/s1. The Balaban J connectivity index is 1.89. The smallest absolute Gasteiger partial charge is 0.305 e. The molecular formula is C13H13F2NO3. The largest absolute Gasteiger partial charge is 0.481 e. The predicted molar refractivity (Wildman–Crippen MR) is 62.5 cm³/mol. The van der Waals surface area contributed by atoms with Crippen molar-refractivity contribution in [1.82, 2.24) is 5.32 Å². The van der Waals surface area contributed by atoms with Crippen LogP contribution in [-0.2, 0) is 9.59 Å². The highest BCUT2D eigenvalue weighted by molar-refractivity contribution is 5.83. The van der Waals surface area contributed by atoms with Crippen molar-refractivity contribution in [2.45, 2.75) is 18.8 Å². The van der Waals surface area contributed by atoms with Crippen molar-refractivity contribution < 1.29 is 23.5 Å². The Labute approximate surface area is 108 Å². The number of nitrogens with one attached hydrogen (secondary N) is 1. The van der Waals surface area contributed by atoms with Gasteiger partial charge in [-0.2, -0.15) is 0 Å². The Hall–Kier alpha value is -1.98. The zero-order chi connectivity index (χ0) is 14.0. The lowest BCUT2D eigenvalue weighted by Gasteiger charge is -2.04. The first-order valence-electron chi connectivity index (χ1n) is 5.93. The lowest BCUT2D eigenvalue weighted by Crippen LogP contribution is -2.27. The van der Waals surface area contributed by atoms with Gasteiger partial charge >= 0.3 is 5.97 Å². The Morgan fingerprint density at radius 2 is 2.11 bits per heavy atom. The van der Waals surface area contributed by atoms with Crippen LogP contribution in [0.2, 0.25) is 0 Å². The summed E-state index contributed by atoms with van der Waals surface area (Å²) in [7, 11) is 0. The van der Waals surface area contributed by atoms with E-state index >= 15 is 0 Å². The van der Waals surface area contributed by atoms with Gasteiger partial charge in [-0.05, 0) is 24.0 Å². The first-order chi connectivity index (χ1) is 8.99. The Kier molecular flexibility index (Phi) is 3.78. The van der Waals surface area contributed by atoms with Crippen LogP contribution in [0.25, 0.3) is 0 Å². The van der Waals surface area contributed by atoms with Crippen LogP contribution in [0.15, 0.2) is 18.2 Å². The fourth-order valence-corrected chi connectivity index (χ4v) is 2.05. The summed E-state index contributed by atoms with van der Waals surface area (Å²) in [6, 6.07) is 3.31. The van der Waals surface area contributed by atoms with Gasteiger partial charge in [0.05, 0.1) is 6.42 Å². The number of halogens is 2. The summed E-state index contributed by atoms with van der Waals surface area (Å²) in [5.74, 6) is -3.17. The van der Waals surface area contributed by atoms with Gasteiger partial charge in [-0.25, -0.2) is 8.78 Å². The molecule has 102 valence electrons. The summed E-state index contributed by atoms with van der Waals surface area (Å²) in [6.07, 6.45) is 0.357. The summed E-state index contributed by atoms with van der Waals surface area (Å²) in [6.45, 7) is 0.0588. The molecule has 0 aliphatic heterocycles. The molecule has 0 unspecified atom stereocenters. The molecule has 6 heteroatoms. The van der Waals surface area contributed by atoms with Crippen LogP contribution < -0.4 is 5.32 Å². The van der Waals surface area contributed by atoms with E-state index in [0.717, 1.165) is 12.1 Å². The molecule has 1 aromatic rings. The predicted octanol–water partition coefficient (Wildman–Crippen LogP) is 1.66. The lowest BCUT2D eigenvalue weighted by atomic mass is 10.1. The highest BCUT2D eigenvalue weighted by Crippen LogP contribution is 2.48. The van der Waals surface area contributed by atoms with E-state index in [4.69, 9.17) is 5.11 Å². The number of rotatable bonds is 5. The molecule has 1 fully saturated rings. The highest BCUT2D eigenvalue weighted by atomic mass is 19.1. The van der Waals surface area contributed by atoms with Crippen LogP contribution in [0.4, 0.5) is 8.78 Å². The van der Waals surface area contributed by atoms with E-state index in [1.807, 2.05) is 0 Å². The molecule has 1 saturated carbocycles. The van der Waals surface area contributed by atoms with Gasteiger partial charge in [0.2, 0.25) is 5.91 Å². The van der Waals surface area contributed by atoms with Gasteiger partial charge in [0.15, 0.2) is 0 Å². The van der Waals surface area contributed by atoms with E-state index in [2.05, 4.69) is 5.32 Å². The third-order valence-electron chi connectivity index (χ3n) is 3.13. The van der Waals surface area contributed by atoms with Crippen LogP contribution >= 0.6 is 0 Å². The van der Waals surface area contributed by atoms with Crippen LogP contribution in [0.1, 0.15) is 24.3 Å². The van der Waals surface area contributed by atoms with Gasteiger partial charge in [-0.3, -0.25) is 9.59 Å². The molecule has 1 amide bonds. The third-order valence-corrected chi connectivity index (χ3v) is 3.13. The average molecular weight is 269 g/mol. The SMILES string of the molecule is O=C(O)CCNC(=O)[C@@H]1C[C@H]1c1ccc(F)cc1F. The molecule has 0 aromatic heterocycles. The van der Waals surface area contributed by atoms with Gasteiger partial charge in [-0.15, -0.1) is 0 Å². The number of carboxylic acids is 1. The van der Waals surface area contributed by atoms with Gasteiger partial charge < -0.3 is 10.4 Å². The molecule has 2 rings (SSSR count). The fraction of sp³-hybridized carbons (Fsp3) is 0.385. The second kappa shape index (κ2) is 5.34. The summed E-state index contributed by atoms with van der Waals surface area (Å²) in [5.41, 5.74) is 0.333. The summed E-state index contributed by atoms with van der Waals surface area (Å²) < 4.78 is 26.2. The number of hydrogen-bond acceptors (Lipinski definition) is 2. The topological polar surface area (TPSA) is 66.4 Å². The van der Waals surface area contributed by atoms with Crippen LogP contribution in [0.3, 0.4) is 0 Å². The zero-order valence-electron chi connectivity index (χ0n) is 10.0. The van der Waals surface area contributed by atoms with Gasteiger partial charge in [0.1, 0.15) is 11.6 Å². The minimum atomic E-state index is -0.989. The molecule has 1 aliphatic rings. The second-order valence-corrected chi connectivity index (χ2v) is 4.55. The molecule has 0 bridgehead atoms. The summed E-state index contributed by atoms with van der Waals surface area (Å²) in [4.78, 5) is 21.9. The Morgan fingerprint density at radius 3 is 2.74 bits per heavy atom. The molecule has 1 aliphatic carbocycles. The first kappa shape index (κ1) is 13.5. The van der Waals surface area contributed by atoms with Crippen molar-refractivity contribution in [2.75, 3.05) is 6.54 Å². The Bertz CT molecular complexity index is 519. The zero-order valence-corrected chi connectivity index (χ0v) is 10.0. The number of carbonyl (C=O) groups is 2.